The van der Waals surface area contributed by atoms with E-state index in [1.165, 1.54) is 0 Å². The molecular weight excluding hydrogens is 548 g/mol. The maximum absolute atomic E-state index is 12.4. The zero-order valence-corrected chi connectivity index (χ0v) is 26.2. The Bertz CT molecular complexity index is 1090. The van der Waals surface area contributed by atoms with Crippen LogP contribution in [0.4, 0.5) is 0 Å². The van der Waals surface area contributed by atoms with Gasteiger partial charge in [0.15, 0.2) is 24.3 Å². The summed E-state index contributed by atoms with van der Waals surface area (Å²) in [6.45, 7) is 14.7. The maximum atomic E-state index is 12.4. The molecule has 3 saturated heterocycles. The molecule has 3 aliphatic heterocycles. The minimum atomic E-state index is -1.07. The minimum Gasteiger partial charge on any atom is -0.458 e. The second kappa shape index (κ2) is 10.1. The molecule has 4 aliphatic carbocycles. The molecule has 0 radical (unpaired) electrons. The van der Waals surface area contributed by atoms with Crippen LogP contribution < -0.4 is 0 Å². The molecule has 0 spiro atoms. The van der Waals surface area contributed by atoms with Crippen LogP contribution in [0.5, 0.6) is 0 Å². The Morgan fingerprint density at radius 1 is 0.857 bits per heavy atom. The van der Waals surface area contributed by atoms with Gasteiger partial charge in [-0.25, -0.2) is 4.79 Å². The van der Waals surface area contributed by atoms with Crippen molar-refractivity contribution >= 4 is 17.9 Å². The minimum absolute atomic E-state index is 0.200. The lowest BCUT2D eigenvalue weighted by atomic mass is 9.50. The van der Waals surface area contributed by atoms with Gasteiger partial charge in [-0.3, -0.25) is 9.59 Å². The number of esters is 3. The van der Waals surface area contributed by atoms with Gasteiger partial charge < -0.3 is 38.6 Å². The van der Waals surface area contributed by atoms with Gasteiger partial charge in [-0.1, -0.05) is 13.8 Å². The molecular formula is C31H48O11. The lowest BCUT2D eigenvalue weighted by Crippen LogP contribution is -2.67. The van der Waals surface area contributed by atoms with Crippen LogP contribution in [0.2, 0.25) is 0 Å². The van der Waals surface area contributed by atoms with Crippen molar-refractivity contribution in [3.63, 3.8) is 0 Å². The first-order valence-corrected chi connectivity index (χ1v) is 15.3. The summed E-state index contributed by atoms with van der Waals surface area (Å²) in [5.74, 6) is -1.75. The molecule has 238 valence electrons. The van der Waals surface area contributed by atoms with Gasteiger partial charge in [0.25, 0.3) is 0 Å². The van der Waals surface area contributed by atoms with E-state index < -0.39 is 76.1 Å². The first-order chi connectivity index (χ1) is 19.2. The highest BCUT2D eigenvalue weighted by Crippen LogP contribution is 2.60. The standard InChI is InChI=1S/C16H26O4.C15H22O7/c1-4-13(2,3)12(17)20-16-7-11-5-14(18,9-16)8-15(19,6-11)10-16;1-6-14(2,3)13(17)20-9-7-8(18-11(9)16)10-12(19-7)22-15(4,5)21-10/h11,18-19H,4-10H2,1-3H3;7-10,12H,6H2,1-5H3. The third kappa shape index (κ3) is 5.72. The van der Waals surface area contributed by atoms with Crippen LogP contribution >= 0.6 is 0 Å². The third-order valence-electron chi connectivity index (χ3n) is 10.2. The highest BCUT2D eigenvalue weighted by molar-refractivity contribution is 5.84. The van der Waals surface area contributed by atoms with E-state index in [0.717, 1.165) is 25.7 Å². The van der Waals surface area contributed by atoms with Crippen LogP contribution in [0.15, 0.2) is 0 Å². The van der Waals surface area contributed by atoms with Crippen LogP contribution in [-0.4, -0.2) is 81.4 Å². The monoisotopic (exact) mass is 596 g/mol. The average Bonchev–Trinajstić information content (AvgIpc) is 3.42. The topological polar surface area (TPSA) is 147 Å². The highest BCUT2D eigenvalue weighted by Gasteiger charge is 2.66. The predicted octanol–water partition coefficient (Wildman–Crippen LogP) is 3.30. The Labute approximate surface area is 247 Å². The summed E-state index contributed by atoms with van der Waals surface area (Å²) in [6.07, 6.45) is 1.56. The van der Waals surface area contributed by atoms with Crippen LogP contribution in [0.1, 0.15) is 107 Å². The highest BCUT2D eigenvalue weighted by atomic mass is 16.9. The number of hydrogen-bond donors (Lipinski definition) is 2. The van der Waals surface area contributed by atoms with Crippen molar-refractivity contribution < 1.29 is 53.0 Å². The van der Waals surface area contributed by atoms with E-state index in [1.807, 2.05) is 27.7 Å². The number of fused-ring (bicyclic) bond motifs is 3. The Morgan fingerprint density at radius 3 is 1.98 bits per heavy atom. The average molecular weight is 597 g/mol. The number of carbonyl (C=O) groups excluding carboxylic acids is 3. The summed E-state index contributed by atoms with van der Waals surface area (Å²) < 4.78 is 33.6. The van der Waals surface area contributed by atoms with Crippen molar-refractivity contribution in [3.05, 3.63) is 0 Å². The summed E-state index contributed by atoms with van der Waals surface area (Å²) in [5, 5.41) is 21.3. The lowest BCUT2D eigenvalue weighted by molar-refractivity contribution is -0.264. The molecule has 4 bridgehead atoms. The van der Waals surface area contributed by atoms with E-state index in [-0.39, 0.29) is 11.9 Å². The molecule has 4 saturated carbocycles. The van der Waals surface area contributed by atoms with Crippen molar-refractivity contribution in [1.29, 1.82) is 0 Å². The van der Waals surface area contributed by atoms with Crippen molar-refractivity contribution in [1.82, 2.24) is 0 Å². The fraction of sp³-hybridized carbons (Fsp3) is 0.903. The van der Waals surface area contributed by atoms with E-state index in [2.05, 4.69) is 0 Å². The fourth-order valence-corrected chi connectivity index (χ4v) is 7.59. The number of rotatable bonds is 6. The first-order valence-electron chi connectivity index (χ1n) is 15.3. The summed E-state index contributed by atoms with van der Waals surface area (Å²) >= 11 is 0. The molecule has 2 N–H and O–H groups in total. The van der Waals surface area contributed by atoms with E-state index in [1.54, 1.807) is 27.7 Å². The van der Waals surface area contributed by atoms with E-state index in [0.29, 0.717) is 25.7 Å². The molecule has 11 heteroatoms. The van der Waals surface area contributed by atoms with Gasteiger partial charge in [-0.2, -0.15) is 0 Å². The van der Waals surface area contributed by atoms with Crippen molar-refractivity contribution in [2.75, 3.05) is 0 Å². The van der Waals surface area contributed by atoms with Gasteiger partial charge in [0, 0.05) is 19.3 Å². The second-order valence-corrected chi connectivity index (χ2v) is 15.3. The van der Waals surface area contributed by atoms with Crippen molar-refractivity contribution in [2.24, 2.45) is 16.7 Å². The van der Waals surface area contributed by atoms with Crippen LogP contribution in [-0.2, 0) is 42.8 Å². The molecule has 3 heterocycles. The van der Waals surface area contributed by atoms with Crippen LogP contribution in [0.3, 0.4) is 0 Å². The largest absolute Gasteiger partial charge is 0.458 e. The number of hydrogen-bond acceptors (Lipinski definition) is 11. The normalized spacial score (nSPS) is 42.8. The summed E-state index contributed by atoms with van der Waals surface area (Å²) in [6, 6.07) is 0. The molecule has 7 atom stereocenters. The Hall–Kier alpha value is -1.79. The Kier molecular flexibility index (Phi) is 7.62. The fourth-order valence-electron chi connectivity index (χ4n) is 7.59. The van der Waals surface area contributed by atoms with Crippen molar-refractivity contribution in [2.45, 2.75) is 160 Å². The third-order valence-corrected chi connectivity index (χ3v) is 10.2. The van der Waals surface area contributed by atoms with Crippen molar-refractivity contribution in [3.8, 4) is 0 Å². The molecule has 0 aromatic heterocycles. The Morgan fingerprint density at radius 2 is 1.43 bits per heavy atom. The smallest absolute Gasteiger partial charge is 0.350 e. The van der Waals surface area contributed by atoms with E-state index >= 15 is 0 Å². The molecule has 7 rings (SSSR count). The van der Waals surface area contributed by atoms with E-state index in [4.69, 9.17) is 28.4 Å². The lowest BCUT2D eigenvalue weighted by Gasteiger charge is -2.62. The number of aliphatic hydroxyl groups is 2. The Balaban J connectivity index is 0.000000169. The predicted molar refractivity (Wildman–Crippen MR) is 147 cm³/mol. The van der Waals surface area contributed by atoms with Crippen LogP contribution in [0, 0.1) is 16.7 Å². The summed E-state index contributed by atoms with van der Waals surface area (Å²) in [7, 11) is 0. The summed E-state index contributed by atoms with van der Waals surface area (Å²) in [4.78, 5) is 36.6. The zero-order valence-electron chi connectivity index (χ0n) is 26.2. The van der Waals surface area contributed by atoms with Crippen LogP contribution in [0.25, 0.3) is 0 Å². The molecule has 7 fully saturated rings. The molecule has 7 aliphatic rings. The van der Waals surface area contributed by atoms with Gasteiger partial charge in [0.2, 0.25) is 6.10 Å². The zero-order chi connectivity index (χ0) is 31.1. The first kappa shape index (κ1) is 31.6. The summed E-state index contributed by atoms with van der Waals surface area (Å²) in [5.41, 5.74) is -3.50. The van der Waals surface area contributed by atoms with E-state index in [9.17, 15) is 24.6 Å². The molecule has 7 unspecified atom stereocenters. The van der Waals surface area contributed by atoms with Gasteiger partial charge in [-0.05, 0) is 79.6 Å². The molecule has 0 amide bonds. The molecule has 0 aromatic carbocycles. The molecule has 0 aromatic rings. The maximum Gasteiger partial charge on any atom is 0.350 e. The number of ether oxygens (including phenoxy) is 6. The number of carbonyl (C=O) groups is 3. The van der Waals surface area contributed by atoms with Gasteiger partial charge in [0.05, 0.1) is 22.0 Å². The van der Waals surface area contributed by atoms with Gasteiger partial charge >= 0.3 is 17.9 Å². The van der Waals surface area contributed by atoms with Gasteiger partial charge in [-0.15, -0.1) is 0 Å². The van der Waals surface area contributed by atoms with Gasteiger partial charge in [0.1, 0.15) is 11.7 Å². The second-order valence-electron chi connectivity index (χ2n) is 15.3. The quantitative estimate of drug-likeness (QED) is 0.344. The SMILES string of the molecule is CCC(C)(C)C(=O)OC12CC3CC(O)(CC(O)(C3)C1)C2.CCC(C)(C)C(=O)OC1C(=O)OC2C3OC(C)(C)OC3OC12. The molecule has 42 heavy (non-hydrogen) atoms. The molecule has 11 nitrogen and oxygen atoms in total.